The van der Waals surface area contributed by atoms with Crippen LogP contribution in [-0.4, -0.2) is 0 Å². The lowest BCUT2D eigenvalue weighted by Crippen LogP contribution is -1.86. The van der Waals surface area contributed by atoms with Gasteiger partial charge in [-0.2, -0.15) is 0 Å². The summed E-state index contributed by atoms with van der Waals surface area (Å²) in [7, 11) is 0. The molecule has 0 radical (unpaired) electrons. The van der Waals surface area contributed by atoms with E-state index in [9.17, 15) is 0 Å². The smallest absolute Gasteiger partial charge is 0.0125 e. The van der Waals surface area contributed by atoms with Crippen molar-refractivity contribution < 1.29 is 0 Å². The molecule has 0 N–H and O–H groups in total. The molecular weight excluding hydrogens is 272 g/mol. The Labute approximate surface area is 129 Å². The van der Waals surface area contributed by atoms with Gasteiger partial charge in [0.1, 0.15) is 0 Å². The summed E-state index contributed by atoms with van der Waals surface area (Å²) in [4.78, 5) is 1.05. The first kappa shape index (κ1) is 12.7. The van der Waals surface area contributed by atoms with Gasteiger partial charge in [-0.15, -0.1) is 12.6 Å². The van der Waals surface area contributed by atoms with Crippen LogP contribution in [0.1, 0.15) is 11.1 Å². The van der Waals surface area contributed by atoms with E-state index in [0.29, 0.717) is 0 Å². The van der Waals surface area contributed by atoms with Crippen molar-refractivity contribution >= 4 is 44.9 Å². The highest BCUT2D eigenvalue weighted by Crippen LogP contribution is 2.37. The number of hydrogen-bond donors (Lipinski definition) is 1. The molecule has 0 aliphatic rings. The minimum atomic E-state index is 1.05. The van der Waals surface area contributed by atoms with E-state index < -0.39 is 0 Å². The lowest BCUT2D eigenvalue weighted by Gasteiger charge is -2.12. The standard InChI is InChI=1S/C20H16S/c1-12-7-8-17-18(9-12)13(2)10-14-11-19(21)15-5-3-4-6-16(15)20(14)17/h3-11,21H,1-2H3. The van der Waals surface area contributed by atoms with E-state index in [1.54, 1.807) is 0 Å². The van der Waals surface area contributed by atoms with Crippen LogP contribution in [0.15, 0.2) is 59.5 Å². The van der Waals surface area contributed by atoms with Crippen molar-refractivity contribution in [3.05, 3.63) is 65.7 Å². The molecule has 0 aliphatic carbocycles. The summed E-state index contributed by atoms with van der Waals surface area (Å²) in [5.74, 6) is 0. The van der Waals surface area contributed by atoms with Crippen LogP contribution in [0.2, 0.25) is 0 Å². The number of thiol groups is 1. The Hall–Kier alpha value is -1.99. The fourth-order valence-corrected chi connectivity index (χ4v) is 3.64. The first-order valence-corrected chi connectivity index (χ1v) is 7.64. The second kappa shape index (κ2) is 4.51. The summed E-state index contributed by atoms with van der Waals surface area (Å²) in [5, 5.41) is 7.80. The molecule has 0 fully saturated rings. The summed E-state index contributed by atoms with van der Waals surface area (Å²) in [6, 6.07) is 19.7. The molecule has 0 nitrogen and oxygen atoms in total. The summed E-state index contributed by atoms with van der Waals surface area (Å²) < 4.78 is 0. The van der Waals surface area contributed by atoms with E-state index in [-0.39, 0.29) is 0 Å². The lowest BCUT2D eigenvalue weighted by molar-refractivity contribution is 1.48. The second-order valence-electron chi connectivity index (χ2n) is 5.78. The number of hydrogen-bond acceptors (Lipinski definition) is 1. The quantitative estimate of drug-likeness (QED) is 0.295. The number of benzene rings is 4. The van der Waals surface area contributed by atoms with Crippen molar-refractivity contribution in [2.75, 3.05) is 0 Å². The average Bonchev–Trinajstić information content (AvgIpc) is 2.48. The highest BCUT2D eigenvalue weighted by atomic mass is 32.1. The molecule has 0 unspecified atom stereocenters. The summed E-state index contributed by atoms with van der Waals surface area (Å²) in [6.07, 6.45) is 0. The minimum Gasteiger partial charge on any atom is -0.143 e. The van der Waals surface area contributed by atoms with Crippen molar-refractivity contribution in [1.29, 1.82) is 0 Å². The van der Waals surface area contributed by atoms with E-state index in [4.69, 9.17) is 0 Å². The Morgan fingerprint density at radius 2 is 1.43 bits per heavy atom. The van der Waals surface area contributed by atoms with Crippen molar-refractivity contribution in [3.8, 4) is 0 Å². The van der Waals surface area contributed by atoms with E-state index in [2.05, 4.69) is 81.1 Å². The molecule has 0 spiro atoms. The highest BCUT2D eigenvalue weighted by molar-refractivity contribution is 7.80. The van der Waals surface area contributed by atoms with Gasteiger partial charge in [-0.3, -0.25) is 0 Å². The molecule has 4 aromatic carbocycles. The summed E-state index contributed by atoms with van der Waals surface area (Å²) in [6.45, 7) is 4.34. The van der Waals surface area contributed by atoms with Crippen LogP contribution in [0, 0.1) is 13.8 Å². The molecule has 0 amide bonds. The van der Waals surface area contributed by atoms with Crippen LogP contribution in [0.4, 0.5) is 0 Å². The normalized spacial score (nSPS) is 11.6. The van der Waals surface area contributed by atoms with Gasteiger partial charge in [0.25, 0.3) is 0 Å². The maximum atomic E-state index is 4.67. The first-order valence-electron chi connectivity index (χ1n) is 7.19. The molecule has 0 aliphatic heterocycles. The molecule has 4 aromatic rings. The third-order valence-electron chi connectivity index (χ3n) is 4.29. The predicted octanol–water partition coefficient (Wildman–Crippen LogP) is 6.05. The SMILES string of the molecule is Cc1ccc2c(c1)c(C)cc1cc(S)c3ccccc3c12. The zero-order chi connectivity index (χ0) is 14.6. The van der Waals surface area contributed by atoms with Gasteiger partial charge in [0.15, 0.2) is 0 Å². The van der Waals surface area contributed by atoms with E-state index >= 15 is 0 Å². The predicted molar refractivity (Wildman–Crippen MR) is 95.7 cm³/mol. The zero-order valence-electron chi connectivity index (χ0n) is 12.1. The van der Waals surface area contributed by atoms with Crippen LogP contribution in [-0.2, 0) is 0 Å². The van der Waals surface area contributed by atoms with Crippen LogP contribution < -0.4 is 0 Å². The molecule has 0 heterocycles. The van der Waals surface area contributed by atoms with E-state index in [0.717, 1.165) is 4.90 Å². The van der Waals surface area contributed by atoms with Crippen LogP contribution >= 0.6 is 12.6 Å². The van der Waals surface area contributed by atoms with Crippen LogP contribution in [0.5, 0.6) is 0 Å². The van der Waals surface area contributed by atoms with Gasteiger partial charge < -0.3 is 0 Å². The Bertz CT molecular complexity index is 1010. The Kier molecular flexibility index (Phi) is 2.73. The van der Waals surface area contributed by atoms with E-state index in [1.165, 1.54) is 43.4 Å². The molecule has 0 bridgehead atoms. The van der Waals surface area contributed by atoms with Gasteiger partial charge in [0.2, 0.25) is 0 Å². The van der Waals surface area contributed by atoms with Crippen molar-refractivity contribution in [2.24, 2.45) is 0 Å². The Balaban J connectivity index is 2.37. The Morgan fingerprint density at radius 1 is 0.714 bits per heavy atom. The largest absolute Gasteiger partial charge is 0.143 e. The first-order chi connectivity index (χ1) is 10.1. The van der Waals surface area contributed by atoms with Crippen molar-refractivity contribution in [1.82, 2.24) is 0 Å². The molecule has 1 heteroatoms. The van der Waals surface area contributed by atoms with Crippen LogP contribution in [0.3, 0.4) is 0 Å². The minimum absolute atomic E-state index is 1.05. The number of fused-ring (bicyclic) bond motifs is 5. The number of aryl methyl sites for hydroxylation is 2. The average molecular weight is 288 g/mol. The molecule has 4 rings (SSSR count). The van der Waals surface area contributed by atoms with Gasteiger partial charge in [-0.25, -0.2) is 0 Å². The monoisotopic (exact) mass is 288 g/mol. The number of rotatable bonds is 0. The molecule has 0 saturated heterocycles. The van der Waals surface area contributed by atoms with Crippen molar-refractivity contribution in [3.63, 3.8) is 0 Å². The van der Waals surface area contributed by atoms with Gasteiger partial charge in [0.05, 0.1) is 0 Å². The molecule has 0 atom stereocenters. The van der Waals surface area contributed by atoms with Gasteiger partial charge in [0, 0.05) is 4.90 Å². The lowest BCUT2D eigenvalue weighted by atomic mass is 9.93. The maximum Gasteiger partial charge on any atom is 0.0125 e. The highest BCUT2D eigenvalue weighted by Gasteiger charge is 2.09. The van der Waals surface area contributed by atoms with Gasteiger partial charge in [-0.05, 0) is 57.8 Å². The fourth-order valence-electron chi connectivity index (χ4n) is 3.30. The maximum absolute atomic E-state index is 4.67. The topological polar surface area (TPSA) is 0 Å². The van der Waals surface area contributed by atoms with Gasteiger partial charge >= 0.3 is 0 Å². The molecule has 21 heavy (non-hydrogen) atoms. The molecule has 102 valence electrons. The molecule has 0 aromatic heterocycles. The molecular formula is C20H16S. The van der Waals surface area contributed by atoms with Crippen molar-refractivity contribution in [2.45, 2.75) is 18.7 Å². The summed E-state index contributed by atoms with van der Waals surface area (Å²) in [5.41, 5.74) is 2.63. The summed E-state index contributed by atoms with van der Waals surface area (Å²) >= 11 is 4.67. The van der Waals surface area contributed by atoms with Gasteiger partial charge in [-0.1, -0.05) is 54.1 Å². The third-order valence-corrected chi connectivity index (χ3v) is 4.66. The van der Waals surface area contributed by atoms with Crippen LogP contribution in [0.25, 0.3) is 32.3 Å². The Morgan fingerprint density at radius 3 is 2.24 bits per heavy atom. The fraction of sp³-hybridized carbons (Fsp3) is 0.100. The zero-order valence-corrected chi connectivity index (χ0v) is 13.0. The molecule has 0 saturated carbocycles. The third kappa shape index (κ3) is 1.85. The second-order valence-corrected chi connectivity index (χ2v) is 6.26. The van der Waals surface area contributed by atoms with E-state index in [1.807, 2.05) is 0 Å².